The molecule has 0 aliphatic rings. The molecule has 13 heavy (non-hydrogen) atoms. The standard InChI is InChI=1S/C9H5N3O/c1-10-9-4-11-8-3-2-7(6-13)5-12(8)9/h2-6H. The smallest absolute Gasteiger partial charge is 0.254 e. The molecule has 2 heterocycles. The van der Waals surface area contributed by atoms with Crippen LogP contribution < -0.4 is 0 Å². The van der Waals surface area contributed by atoms with Crippen molar-refractivity contribution in [1.82, 2.24) is 9.38 Å². The van der Waals surface area contributed by atoms with Crippen molar-refractivity contribution in [3.8, 4) is 0 Å². The van der Waals surface area contributed by atoms with Crippen LogP contribution in [0.15, 0.2) is 24.5 Å². The molecule has 0 aliphatic heterocycles. The van der Waals surface area contributed by atoms with Crippen LogP contribution in [-0.2, 0) is 0 Å². The molecule has 0 atom stereocenters. The Morgan fingerprint density at radius 1 is 1.54 bits per heavy atom. The third-order valence-electron chi connectivity index (χ3n) is 1.76. The molecule has 0 aromatic carbocycles. The Balaban J connectivity index is 2.80. The lowest BCUT2D eigenvalue weighted by molar-refractivity contribution is 0.112. The van der Waals surface area contributed by atoms with Crippen LogP contribution in [0.4, 0.5) is 5.82 Å². The maximum absolute atomic E-state index is 10.5. The Morgan fingerprint density at radius 2 is 2.38 bits per heavy atom. The first kappa shape index (κ1) is 7.50. The second kappa shape index (κ2) is 2.72. The molecule has 2 aromatic rings. The summed E-state index contributed by atoms with van der Waals surface area (Å²) in [6.45, 7) is 6.85. The average molecular weight is 171 g/mol. The molecular formula is C9H5N3O. The zero-order valence-electron chi connectivity index (χ0n) is 6.64. The zero-order chi connectivity index (χ0) is 9.26. The minimum Gasteiger partial charge on any atom is -0.362 e. The maximum Gasteiger partial charge on any atom is 0.254 e. The van der Waals surface area contributed by atoms with Gasteiger partial charge in [0.2, 0.25) is 5.65 Å². The van der Waals surface area contributed by atoms with Crippen molar-refractivity contribution in [2.45, 2.75) is 0 Å². The van der Waals surface area contributed by atoms with Gasteiger partial charge in [-0.15, -0.1) is 0 Å². The summed E-state index contributed by atoms with van der Waals surface area (Å²) in [5, 5.41) is 0. The molecule has 0 radical (unpaired) electrons. The summed E-state index contributed by atoms with van der Waals surface area (Å²) in [6, 6.07) is 3.38. The number of carbonyl (C=O) groups excluding carboxylic acids is 1. The van der Waals surface area contributed by atoms with Gasteiger partial charge >= 0.3 is 0 Å². The van der Waals surface area contributed by atoms with Gasteiger partial charge in [0, 0.05) is 6.07 Å². The van der Waals surface area contributed by atoms with E-state index in [0.717, 1.165) is 6.29 Å². The Bertz CT molecular complexity index is 507. The highest BCUT2D eigenvalue weighted by Gasteiger charge is 2.04. The van der Waals surface area contributed by atoms with Gasteiger partial charge in [0.1, 0.15) is 0 Å². The average Bonchev–Trinajstić information content (AvgIpc) is 2.59. The van der Waals surface area contributed by atoms with Gasteiger partial charge in [0.05, 0.1) is 18.0 Å². The Hall–Kier alpha value is -2.15. The van der Waals surface area contributed by atoms with Crippen molar-refractivity contribution in [3.05, 3.63) is 41.5 Å². The van der Waals surface area contributed by atoms with Crippen molar-refractivity contribution >= 4 is 17.8 Å². The molecule has 0 saturated carbocycles. The molecule has 0 saturated heterocycles. The van der Waals surface area contributed by atoms with Crippen LogP contribution in [0.3, 0.4) is 0 Å². The zero-order valence-corrected chi connectivity index (χ0v) is 6.64. The number of aldehydes is 1. The fraction of sp³-hybridized carbons (Fsp3) is 0. The van der Waals surface area contributed by atoms with E-state index in [1.807, 2.05) is 0 Å². The minimum absolute atomic E-state index is 0.415. The molecule has 0 amide bonds. The van der Waals surface area contributed by atoms with E-state index in [-0.39, 0.29) is 0 Å². The highest BCUT2D eigenvalue weighted by molar-refractivity contribution is 5.75. The van der Waals surface area contributed by atoms with E-state index < -0.39 is 0 Å². The van der Waals surface area contributed by atoms with Gasteiger partial charge in [-0.2, -0.15) is 0 Å². The number of pyridine rings is 1. The van der Waals surface area contributed by atoms with Crippen molar-refractivity contribution in [3.63, 3.8) is 0 Å². The highest BCUT2D eigenvalue weighted by atomic mass is 16.1. The Kier molecular flexibility index (Phi) is 1.57. The molecule has 0 unspecified atom stereocenters. The van der Waals surface area contributed by atoms with Crippen LogP contribution in [0.25, 0.3) is 10.5 Å². The number of carbonyl (C=O) groups is 1. The first-order chi connectivity index (χ1) is 6.35. The van der Waals surface area contributed by atoms with Crippen molar-refractivity contribution in [2.75, 3.05) is 0 Å². The number of rotatable bonds is 1. The van der Waals surface area contributed by atoms with E-state index >= 15 is 0 Å². The van der Waals surface area contributed by atoms with Crippen LogP contribution in [0.1, 0.15) is 10.4 Å². The lowest BCUT2D eigenvalue weighted by Gasteiger charge is -1.91. The van der Waals surface area contributed by atoms with Crippen LogP contribution in [-0.4, -0.2) is 15.7 Å². The topological polar surface area (TPSA) is 38.7 Å². The van der Waals surface area contributed by atoms with Gasteiger partial charge in [0.25, 0.3) is 5.82 Å². The molecule has 62 valence electrons. The number of nitrogens with zero attached hydrogens (tertiary/aromatic N) is 3. The quantitative estimate of drug-likeness (QED) is 0.483. The number of hydrogen-bond acceptors (Lipinski definition) is 2. The molecule has 2 aromatic heterocycles. The molecule has 4 nitrogen and oxygen atoms in total. The van der Waals surface area contributed by atoms with Crippen LogP contribution >= 0.6 is 0 Å². The summed E-state index contributed by atoms with van der Waals surface area (Å²) in [5.74, 6) is 0.415. The molecule has 0 N–H and O–H groups in total. The first-order valence-corrected chi connectivity index (χ1v) is 3.65. The van der Waals surface area contributed by atoms with Gasteiger partial charge in [-0.3, -0.25) is 4.79 Å². The number of fused-ring (bicyclic) bond motifs is 1. The van der Waals surface area contributed by atoms with E-state index in [4.69, 9.17) is 6.57 Å². The summed E-state index contributed by atoms with van der Waals surface area (Å²) in [5.41, 5.74) is 1.21. The molecular weight excluding hydrogens is 166 g/mol. The van der Waals surface area contributed by atoms with Crippen LogP contribution in [0.5, 0.6) is 0 Å². The van der Waals surface area contributed by atoms with E-state index in [9.17, 15) is 4.79 Å². The summed E-state index contributed by atoms with van der Waals surface area (Å²) >= 11 is 0. The second-order valence-electron chi connectivity index (χ2n) is 2.54. The van der Waals surface area contributed by atoms with E-state index in [1.165, 1.54) is 6.20 Å². The third-order valence-corrected chi connectivity index (χ3v) is 1.76. The molecule has 0 aliphatic carbocycles. The van der Waals surface area contributed by atoms with E-state index in [2.05, 4.69) is 9.83 Å². The fourth-order valence-electron chi connectivity index (χ4n) is 1.14. The predicted octanol–water partition coefficient (Wildman–Crippen LogP) is 1.70. The normalized spacial score (nSPS) is 9.77. The fourth-order valence-corrected chi connectivity index (χ4v) is 1.14. The maximum atomic E-state index is 10.5. The summed E-state index contributed by atoms with van der Waals surface area (Å²) in [6.07, 6.45) is 3.83. The molecule has 0 fully saturated rings. The summed E-state index contributed by atoms with van der Waals surface area (Å²) < 4.78 is 1.59. The molecule has 0 bridgehead atoms. The third kappa shape index (κ3) is 1.07. The van der Waals surface area contributed by atoms with E-state index in [1.54, 1.807) is 22.7 Å². The Labute approximate surface area is 74.3 Å². The van der Waals surface area contributed by atoms with E-state index in [0.29, 0.717) is 17.0 Å². The molecule has 0 spiro atoms. The van der Waals surface area contributed by atoms with Gasteiger partial charge in [0.15, 0.2) is 6.29 Å². The number of aromatic nitrogens is 2. The van der Waals surface area contributed by atoms with Crippen molar-refractivity contribution in [1.29, 1.82) is 0 Å². The first-order valence-electron chi connectivity index (χ1n) is 3.65. The summed E-state index contributed by atoms with van der Waals surface area (Å²) in [4.78, 5) is 17.7. The predicted molar refractivity (Wildman–Crippen MR) is 46.8 cm³/mol. The van der Waals surface area contributed by atoms with Crippen LogP contribution in [0, 0.1) is 6.57 Å². The lowest BCUT2D eigenvalue weighted by Crippen LogP contribution is -1.87. The SMILES string of the molecule is [C-]#[N+]c1cnc2ccc(C=O)cn12. The largest absolute Gasteiger partial charge is 0.362 e. The highest BCUT2D eigenvalue weighted by Crippen LogP contribution is 2.14. The second-order valence-corrected chi connectivity index (χ2v) is 2.54. The summed E-state index contributed by atoms with van der Waals surface area (Å²) in [7, 11) is 0. The lowest BCUT2D eigenvalue weighted by atomic mass is 10.3. The van der Waals surface area contributed by atoms with Gasteiger partial charge in [-0.25, -0.2) is 9.38 Å². The molecule has 2 rings (SSSR count). The Morgan fingerprint density at radius 3 is 3.08 bits per heavy atom. The van der Waals surface area contributed by atoms with Gasteiger partial charge < -0.3 is 4.85 Å². The van der Waals surface area contributed by atoms with Crippen LogP contribution in [0.2, 0.25) is 0 Å². The molecule has 4 heteroatoms. The monoisotopic (exact) mass is 171 g/mol. The van der Waals surface area contributed by atoms with Crippen molar-refractivity contribution in [2.24, 2.45) is 0 Å². The van der Waals surface area contributed by atoms with Gasteiger partial charge in [-0.05, 0) is 6.07 Å². The van der Waals surface area contributed by atoms with Gasteiger partial charge in [-0.1, -0.05) is 6.57 Å². The minimum atomic E-state index is 0.415. The van der Waals surface area contributed by atoms with Crippen molar-refractivity contribution < 1.29 is 4.79 Å². The number of imidazole rings is 1. The number of hydrogen-bond donors (Lipinski definition) is 0.